The van der Waals surface area contributed by atoms with Crippen LogP contribution in [0, 0.1) is 16.7 Å². The number of fused-ring (bicyclic) bond motifs is 1. The Balaban J connectivity index is 2.59. The van der Waals surface area contributed by atoms with Crippen molar-refractivity contribution in [3.8, 4) is 17.6 Å². The summed E-state index contributed by atoms with van der Waals surface area (Å²) in [6.45, 7) is 0.710. The van der Waals surface area contributed by atoms with Gasteiger partial charge in [-0.2, -0.15) is 5.26 Å². The Bertz CT molecular complexity index is 649. The van der Waals surface area contributed by atoms with Crippen LogP contribution in [-0.4, -0.2) is 25.9 Å². The first-order valence-corrected chi connectivity index (χ1v) is 7.07. The minimum atomic E-state index is -0.117. The molecule has 21 heavy (non-hydrogen) atoms. The van der Waals surface area contributed by atoms with E-state index in [0.717, 1.165) is 29.3 Å². The van der Waals surface area contributed by atoms with Crippen LogP contribution in [0.25, 0.3) is 5.70 Å². The van der Waals surface area contributed by atoms with Gasteiger partial charge in [0.15, 0.2) is 16.7 Å². The number of rotatable bonds is 3. The first-order chi connectivity index (χ1) is 10.1. The molecule has 7 heteroatoms. The van der Waals surface area contributed by atoms with Crippen LogP contribution in [0.5, 0.6) is 11.5 Å². The van der Waals surface area contributed by atoms with E-state index in [-0.39, 0.29) is 5.17 Å². The number of ether oxygens (including phenoxy) is 2. The van der Waals surface area contributed by atoms with Gasteiger partial charge in [-0.1, -0.05) is 0 Å². The van der Waals surface area contributed by atoms with Crippen LogP contribution in [0.2, 0.25) is 0 Å². The number of nitrogens with two attached hydrogens (primary N) is 1. The molecule has 2 rings (SSSR count). The van der Waals surface area contributed by atoms with Crippen molar-refractivity contribution in [2.45, 2.75) is 6.42 Å². The Hall–Kier alpha value is -2.33. The number of hydrogen-bond donors (Lipinski definition) is 3. The van der Waals surface area contributed by atoms with Crippen molar-refractivity contribution in [1.82, 2.24) is 5.32 Å². The summed E-state index contributed by atoms with van der Waals surface area (Å²) in [6, 6.07) is 5.86. The Labute approximate surface area is 127 Å². The summed E-state index contributed by atoms with van der Waals surface area (Å²) < 4.78 is 10.6. The zero-order valence-corrected chi connectivity index (χ0v) is 12.6. The third kappa shape index (κ3) is 3.06. The van der Waals surface area contributed by atoms with Crippen molar-refractivity contribution >= 4 is 22.6 Å². The van der Waals surface area contributed by atoms with Crippen molar-refractivity contribution in [1.29, 1.82) is 10.7 Å². The van der Waals surface area contributed by atoms with Gasteiger partial charge in [-0.25, -0.2) is 0 Å². The predicted molar refractivity (Wildman–Crippen MR) is 83.3 cm³/mol. The van der Waals surface area contributed by atoms with Gasteiger partial charge in [-0.3, -0.25) is 5.41 Å². The molecular formula is C14H16N4O2S. The molecule has 0 radical (unpaired) electrons. The van der Waals surface area contributed by atoms with Gasteiger partial charge in [0.05, 0.1) is 19.9 Å². The third-order valence-electron chi connectivity index (χ3n) is 3.12. The van der Waals surface area contributed by atoms with Crippen LogP contribution >= 0.6 is 11.8 Å². The maximum atomic E-state index is 9.30. The molecule has 6 nitrogen and oxygen atoms in total. The number of benzene rings is 1. The Morgan fingerprint density at radius 3 is 2.62 bits per heavy atom. The molecule has 110 valence electrons. The number of allylic oxidation sites excluding steroid dienone is 1. The standard InChI is InChI=1S/C14H16N4O2S/c1-19-10-5-8-3-4-18-13(9(8)6-11(10)20-2)12(7-15)21-14(16)17/h5-6,18H,3-4H2,1-2H3,(H3,16,17)/b13-12+. The van der Waals surface area contributed by atoms with Gasteiger partial charge in [0.1, 0.15) is 11.0 Å². The zero-order chi connectivity index (χ0) is 15.4. The molecule has 0 saturated carbocycles. The minimum absolute atomic E-state index is 0.117. The van der Waals surface area contributed by atoms with E-state index >= 15 is 0 Å². The largest absolute Gasteiger partial charge is 0.493 e. The summed E-state index contributed by atoms with van der Waals surface area (Å²) in [7, 11) is 3.16. The highest BCUT2D eigenvalue weighted by Crippen LogP contribution is 2.37. The van der Waals surface area contributed by atoms with Crippen molar-refractivity contribution < 1.29 is 9.47 Å². The van der Waals surface area contributed by atoms with Crippen molar-refractivity contribution in [2.75, 3.05) is 20.8 Å². The normalized spacial score (nSPS) is 15.3. The molecule has 0 saturated heterocycles. The fourth-order valence-electron chi connectivity index (χ4n) is 2.22. The molecular weight excluding hydrogens is 288 g/mol. The van der Waals surface area contributed by atoms with E-state index in [2.05, 4.69) is 11.4 Å². The van der Waals surface area contributed by atoms with Crippen molar-refractivity contribution in [3.05, 3.63) is 28.2 Å². The number of nitriles is 1. The van der Waals surface area contributed by atoms with Gasteiger partial charge < -0.3 is 20.5 Å². The van der Waals surface area contributed by atoms with Crippen LogP contribution in [0.15, 0.2) is 17.0 Å². The second kappa shape index (κ2) is 6.41. The lowest BCUT2D eigenvalue weighted by molar-refractivity contribution is 0.354. The smallest absolute Gasteiger partial charge is 0.161 e. The SMILES string of the molecule is COc1cc2c(cc1OC)/C(=C(/C#N)SC(=N)N)NCC2. The molecule has 0 bridgehead atoms. The predicted octanol–water partition coefficient (Wildman–Crippen LogP) is 1.67. The van der Waals surface area contributed by atoms with Gasteiger partial charge in [-0.05, 0) is 35.9 Å². The summed E-state index contributed by atoms with van der Waals surface area (Å²) in [5.41, 5.74) is 8.01. The lowest BCUT2D eigenvalue weighted by atomic mass is 9.97. The second-order valence-electron chi connectivity index (χ2n) is 4.32. The molecule has 0 unspecified atom stereocenters. The van der Waals surface area contributed by atoms with Crippen molar-refractivity contribution in [3.63, 3.8) is 0 Å². The number of methoxy groups -OCH3 is 2. The third-order valence-corrected chi connectivity index (χ3v) is 3.83. The molecule has 4 N–H and O–H groups in total. The molecule has 0 amide bonds. The number of nitrogens with zero attached hydrogens (tertiary/aromatic N) is 1. The van der Waals surface area contributed by atoms with E-state index in [1.807, 2.05) is 12.1 Å². The Morgan fingerprint density at radius 2 is 2.05 bits per heavy atom. The van der Waals surface area contributed by atoms with E-state index in [9.17, 15) is 5.26 Å². The highest BCUT2D eigenvalue weighted by atomic mass is 32.2. The van der Waals surface area contributed by atoms with Gasteiger partial charge in [0, 0.05) is 12.1 Å². The Morgan fingerprint density at radius 1 is 1.38 bits per heavy atom. The monoisotopic (exact) mass is 304 g/mol. The maximum Gasteiger partial charge on any atom is 0.161 e. The van der Waals surface area contributed by atoms with Crippen LogP contribution < -0.4 is 20.5 Å². The summed E-state index contributed by atoms with van der Waals surface area (Å²) in [4.78, 5) is 0.371. The maximum absolute atomic E-state index is 9.30. The minimum Gasteiger partial charge on any atom is -0.493 e. The number of amidine groups is 1. The average molecular weight is 304 g/mol. The highest BCUT2D eigenvalue weighted by molar-refractivity contribution is 8.17. The van der Waals surface area contributed by atoms with Gasteiger partial charge in [0.25, 0.3) is 0 Å². The molecule has 1 aromatic rings. The zero-order valence-electron chi connectivity index (χ0n) is 11.8. The fourth-order valence-corrected chi connectivity index (χ4v) is 2.77. The molecule has 1 heterocycles. The Kier molecular flexibility index (Phi) is 4.60. The van der Waals surface area contributed by atoms with Crippen LogP contribution in [0.3, 0.4) is 0 Å². The molecule has 0 fully saturated rings. The van der Waals surface area contributed by atoms with E-state index in [0.29, 0.717) is 28.6 Å². The lowest BCUT2D eigenvalue weighted by Gasteiger charge is -2.23. The molecule has 0 atom stereocenters. The summed E-state index contributed by atoms with van der Waals surface area (Å²) in [6.07, 6.45) is 0.822. The van der Waals surface area contributed by atoms with E-state index < -0.39 is 0 Å². The van der Waals surface area contributed by atoms with E-state index in [4.69, 9.17) is 20.6 Å². The van der Waals surface area contributed by atoms with Crippen molar-refractivity contribution in [2.24, 2.45) is 5.73 Å². The first-order valence-electron chi connectivity index (χ1n) is 6.26. The first kappa shape index (κ1) is 15.1. The highest BCUT2D eigenvalue weighted by Gasteiger charge is 2.21. The van der Waals surface area contributed by atoms with Gasteiger partial charge in [0.2, 0.25) is 0 Å². The fraction of sp³-hybridized carbons (Fsp3) is 0.286. The van der Waals surface area contributed by atoms with E-state index in [1.165, 1.54) is 0 Å². The summed E-state index contributed by atoms with van der Waals surface area (Å²) >= 11 is 0.938. The van der Waals surface area contributed by atoms with Gasteiger partial charge >= 0.3 is 0 Å². The number of hydrogen-bond acceptors (Lipinski definition) is 6. The topological polar surface area (TPSA) is 104 Å². The summed E-state index contributed by atoms with van der Waals surface area (Å²) in [5, 5.41) is 19.8. The average Bonchev–Trinajstić information content (AvgIpc) is 2.50. The molecule has 1 aliphatic heterocycles. The van der Waals surface area contributed by atoms with Crippen LogP contribution in [0.1, 0.15) is 11.1 Å². The molecule has 0 spiro atoms. The molecule has 1 aromatic carbocycles. The van der Waals surface area contributed by atoms with E-state index in [1.54, 1.807) is 14.2 Å². The molecule has 0 aliphatic carbocycles. The summed E-state index contributed by atoms with van der Waals surface area (Å²) in [5.74, 6) is 1.26. The molecule has 1 aliphatic rings. The second-order valence-corrected chi connectivity index (χ2v) is 5.38. The van der Waals surface area contributed by atoms with Crippen LogP contribution in [0.4, 0.5) is 0 Å². The quantitative estimate of drug-likeness (QED) is 0.446. The van der Waals surface area contributed by atoms with Crippen LogP contribution in [-0.2, 0) is 6.42 Å². The lowest BCUT2D eigenvalue weighted by Crippen LogP contribution is -2.24. The number of thioether (sulfide) groups is 1. The molecule has 0 aromatic heterocycles. The number of nitrogens with one attached hydrogen (secondary N) is 2. The van der Waals surface area contributed by atoms with Gasteiger partial charge in [-0.15, -0.1) is 0 Å².